The molecule has 0 aliphatic rings. The molecular weight excluding hydrogens is 222 g/mol. The molecule has 2 aromatic rings. The number of rotatable bonds is 2. The van der Waals surface area contributed by atoms with Crippen LogP contribution in [-0.2, 0) is 6.42 Å². The van der Waals surface area contributed by atoms with Crippen molar-refractivity contribution in [1.82, 2.24) is 9.97 Å². The van der Waals surface area contributed by atoms with Crippen LogP contribution in [0, 0.1) is 0 Å². The number of aromatic nitrogens is 2. The molecule has 0 aliphatic heterocycles. The Hall–Kier alpha value is -1.61. The molecule has 0 atom stereocenters. The zero-order valence-electron chi connectivity index (χ0n) is 8.94. The fourth-order valence-corrected chi connectivity index (χ4v) is 1.73. The van der Waals surface area contributed by atoms with Gasteiger partial charge in [-0.15, -0.1) is 0 Å². The third kappa shape index (κ3) is 1.99. The molecule has 0 amide bonds. The largest absolute Gasteiger partial charge is 0.382 e. The van der Waals surface area contributed by atoms with Gasteiger partial charge in [0.1, 0.15) is 17.2 Å². The lowest BCUT2D eigenvalue weighted by Crippen LogP contribution is -1.95. The van der Waals surface area contributed by atoms with Crippen LogP contribution < -0.4 is 5.73 Å². The first-order chi connectivity index (χ1) is 7.72. The van der Waals surface area contributed by atoms with Crippen LogP contribution in [0.5, 0.6) is 0 Å². The molecule has 2 rings (SSSR count). The van der Waals surface area contributed by atoms with E-state index in [9.17, 15) is 0 Å². The molecule has 3 nitrogen and oxygen atoms in total. The van der Waals surface area contributed by atoms with Crippen LogP contribution in [0.2, 0.25) is 5.02 Å². The summed E-state index contributed by atoms with van der Waals surface area (Å²) in [5, 5.41) is 0.413. The molecule has 0 fully saturated rings. The lowest BCUT2D eigenvalue weighted by atomic mass is 10.1. The van der Waals surface area contributed by atoms with E-state index < -0.39 is 0 Å². The Morgan fingerprint density at radius 1 is 1.31 bits per heavy atom. The maximum Gasteiger partial charge on any atom is 0.146 e. The monoisotopic (exact) mass is 233 g/mol. The molecule has 0 aliphatic carbocycles. The second-order valence-electron chi connectivity index (χ2n) is 3.48. The number of nitrogen functional groups attached to an aromatic ring is 1. The van der Waals surface area contributed by atoms with Crippen molar-refractivity contribution < 1.29 is 0 Å². The molecule has 0 saturated heterocycles. The molecule has 0 saturated carbocycles. The van der Waals surface area contributed by atoms with Gasteiger partial charge in [0, 0.05) is 5.56 Å². The number of nitrogens with two attached hydrogens (primary N) is 1. The first kappa shape index (κ1) is 10.9. The first-order valence-electron chi connectivity index (χ1n) is 5.07. The van der Waals surface area contributed by atoms with Crippen LogP contribution >= 0.6 is 11.6 Å². The van der Waals surface area contributed by atoms with Crippen molar-refractivity contribution >= 4 is 17.4 Å². The Morgan fingerprint density at radius 3 is 2.88 bits per heavy atom. The Labute approximate surface area is 99.3 Å². The van der Waals surface area contributed by atoms with E-state index in [1.165, 1.54) is 11.9 Å². The van der Waals surface area contributed by atoms with Gasteiger partial charge in [0.2, 0.25) is 0 Å². The predicted molar refractivity (Wildman–Crippen MR) is 66.3 cm³/mol. The highest BCUT2D eigenvalue weighted by Gasteiger charge is 2.08. The van der Waals surface area contributed by atoms with E-state index in [1.807, 2.05) is 12.1 Å². The minimum atomic E-state index is 0.313. The quantitative estimate of drug-likeness (QED) is 0.868. The van der Waals surface area contributed by atoms with Gasteiger partial charge in [-0.25, -0.2) is 9.97 Å². The Morgan fingerprint density at radius 2 is 2.12 bits per heavy atom. The third-order valence-electron chi connectivity index (χ3n) is 2.43. The number of hydrogen-bond donors (Lipinski definition) is 1. The zero-order valence-corrected chi connectivity index (χ0v) is 9.70. The summed E-state index contributed by atoms with van der Waals surface area (Å²) in [6.07, 6.45) is 2.40. The summed E-state index contributed by atoms with van der Waals surface area (Å²) in [5.74, 6) is 0.313. The summed E-state index contributed by atoms with van der Waals surface area (Å²) in [7, 11) is 0. The van der Waals surface area contributed by atoms with Crippen molar-refractivity contribution in [2.75, 3.05) is 5.73 Å². The Kier molecular flexibility index (Phi) is 3.06. The fraction of sp³-hybridized carbons (Fsp3) is 0.167. The van der Waals surface area contributed by atoms with Crippen molar-refractivity contribution in [3.05, 3.63) is 41.2 Å². The highest BCUT2D eigenvalue weighted by Crippen LogP contribution is 2.28. The maximum absolute atomic E-state index is 6.07. The van der Waals surface area contributed by atoms with Crippen molar-refractivity contribution in [2.45, 2.75) is 13.3 Å². The maximum atomic E-state index is 6.07. The molecule has 1 aromatic heterocycles. The minimum absolute atomic E-state index is 0.313. The number of anilines is 1. The van der Waals surface area contributed by atoms with Gasteiger partial charge < -0.3 is 5.73 Å². The van der Waals surface area contributed by atoms with Crippen LogP contribution in [0.15, 0.2) is 30.6 Å². The summed E-state index contributed by atoms with van der Waals surface area (Å²) in [6, 6.07) is 8.09. The lowest BCUT2D eigenvalue weighted by Gasteiger charge is -2.06. The first-order valence-corrected chi connectivity index (χ1v) is 5.45. The van der Waals surface area contributed by atoms with Crippen LogP contribution in [0.25, 0.3) is 11.3 Å². The van der Waals surface area contributed by atoms with Gasteiger partial charge in [-0.2, -0.15) is 0 Å². The van der Waals surface area contributed by atoms with E-state index in [2.05, 4.69) is 29.0 Å². The van der Waals surface area contributed by atoms with Gasteiger partial charge in [0.05, 0.1) is 5.69 Å². The average Bonchev–Trinajstić information content (AvgIpc) is 2.33. The van der Waals surface area contributed by atoms with Crippen molar-refractivity contribution in [1.29, 1.82) is 0 Å². The topological polar surface area (TPSA) is 51.8 Å². The summed E-state index contributed by atoms with van der Waals surface area (Å²) in [5.41, 5.74) is 8.54. The van der Waals surface area contributed by atoms with E-state index in [0.717, 1.165) is 12.0 Å². The van der Waals surface area contributed by atoms with Gasteiger partial charge in [-0.05, 0) is 18.1 Å². The van der Waals surface area contributed by atoms with E-state index in [-0.39, 0.29) is 0 Å². The zero-order chi connectivity index (χ0) is 11.5. The summed E-state index contributed by atoms with van der Waals surface area (Å²) in [4.78, 5) is 8.00. The van der Waals surface area contributed by atoms with Crippen LogP contribution in [0.1, 0.15) is 12.5 Å². The van der Waals surface area contributed by atoms with Crippen molar-refractivity contribution in [3.8, 4) is 11.3 Å². The minimum Gasteiger partial charge on any atom is -0.382 e. The second kappa shape index (κ2) is 4.49. The molecule has 16 heavy (non-hydrogen) atoms. The Bertz CT molecular complexity index is 511. The molecular formula is C12H12ClN3. The molecule has 82 valence electrons. The molecule has 1 aromatic carbocycles. The number of benzene rings is 1. The van der Waals surface area contributed by atoms with Gasteiger partial charge >= 0.3 is 0 Å². The van der Waals surface area contributed by atoms with E-state index in [1.54, 1.807) is 0 Å². The van der Waals surface area contributed by atoms with Gasteiger partial charge in [-0.1, -0.05) is 36.7 Å². The van der Waals surface area contributed by atoms with Gasteiger partial charge in [0.15, 0.2) is 0 Å². The molecule has 0 spiro atoms. The van der Waals surface area contributed by atoms with Crippen LogP contribution in [0.4, 0.5) is 5.82 Å². The molecule has 1 heterocycles. The third-order valence-corrected chi connectivity index (χ3v) is 2.80. The molecule has 0 unspecified atom stereocenters. The second-order valence-corrected chi connectivity index (χ2v) is 3.85. The number of hydrogen-bond acceptors (Lipinski definition) is 3. The number of nitrogens with zero attached hydrogens (tertiary/aromatic N) is 2. The summed E-state index contributed by atoms with van der Waals surface area (Å²) < 4.78 is 0. The average molecular weight is 234 g/mol. The van der Waals surface area contributed by atoms with Crippen molar-refractivity contribution in [3.63, 3.8) is 0 Å². The normalized spacial score (nSPS) is 10.4. The lowest BCUT2D eigenvalue weighted by molar-refractivity contribution is 1.13. The fourth-order valence-electron chi connectivity index (χ4n) is 1.52. The van der Waals surface area contributed by atoms with Gasteiger partial charge in [-0.3, -0.25) is 0 Å². The number of halogens is 1. The van der Waals surface area contributed by atoms with Crippen molar-refractivity contribution in [2.24, 2.45) is 0 Å². The molecule has 2 N–H and O–H groups in total. The summed E-state index contributed by atoms with van der Waals surface area (Å²) >= 11 is 6.07. The van der Waals surface area contributed by atoms with E-state index in [0.29, 0.717) is 16.5 Å². The van der Waals surface area contributed by atoms with Gasteiger partial charge in [0.25, 0.3) is 0 Å². The number of aryl methyl sites for hydroxylation is 1. The molecule has 0 bridgehead atoms. The predicted octanol–water partition coefficient (Wildman–Crippen LogP) is 2.94. The highest BCUT2D eigenvalue weighted by atomic mass is 35.5. The highest BCUT2D eigenvalue weighted by molar-refractivity contribution is 6.35. The van der Waals surface area contributed by atoms with Crippen LogP contribution in [-0.4, -0.2) is 9.97 Å². The summed E-state index contributed by atoms with van der Waals surface area (Å²) in [6.45, 7) is 2.11. The van der Waals surface area contributed by atoms with Crippen LogP contribution in [0.3, 0.4) is 0 Å². The standard InChI is InChI=1S/C12H12ClN3/c1-2-8-4-3-5-9(6-8)11-10(13)12(14)16-7-15-11/h3-7H,2H2,1H3,(H2,14,15,16). The van der Waals surface area contributed by atoms with E-state index >= 15 is 0 Å². The van der Waals surface area contributed by atoms with E-state index in [4.69, 9.17) is 17.3 Å². The SMILES string of the molecule is CCc1cccc(-c2ncnc(N)c2Cl)c1. The molecule has 4 heteroatoms. The smallest absolute Gasteiger partial charge is 0.146 e. The molecule has 0 radical (unpaired) electrons. The Balaban J connectivity index is 2.54.